The number of hydrogen-bond donors (Lipinski definition) is 2. The number of rotatable bonds is 6. The molecule has 3 heterocycles. The van der Waals surface area contributed by atoms with Crippen molar-refractivity contribution >= 4 is 29.2 Å². The lowest BCUT2D eigenvalue weighted by Crippen LogP contribution is -2.44. The van der Waals surface area contributed by atoms with E-state index < -0.39 is 36.0 Å². The smallest absolute Gasteiger partial charge is 0.325 e. The fourth-order valence-electron chi connectivity index (χ4n) is 4.02. The van der Waals surface area contributed by atoms with Crippen LogP contribution in [-0.2, 0) is 15.1 Å². The Bertz CT molecular complexity index is 1260. The van der Waals surface area contributed by atoms with E-state index >= 15 is 0 Å². The summed E-state index contributed by atoms with van der Waals surface area (Å²) < 4.78 is 24.1. The van der Waals surface area contributed by atoms with Gasteiger partial charge in [0.1, 0.15) is 17.9 Å². The van der Waals surface area contributed by atoms with Crippen molar-refractivity contribution < 1.29 is 28.2 Å². The third-order valence-electron chi connectivity index (χ3n) is 5.86. The van der Waals surface area contributed by atoms with Gasteiger partial charge in [0.05, 0.1) is 6.04 Å². The van der Waals surface area contributed by atoms with Gasteiger partial charge in [0.25, 0.3) is 5.91 Å². The molecular weight excluding hydrogens is 461 g/mol. The lowest BCUT2D eigenvalue weighted by Gasteiger charge is -2.23. The number of imide groups is 1. The summed E-state index contributed by atoms with van der Waals surface area (Å²) in [6, 6.07) is 13.3. The number of ether oxygens (including phenoxy) is 2. The molecule has 4 amide bonds. The number of thiophene rings is 1. The van der Waals surface area contributed by atoms with Gasteiger partial charge in [0.2, 0.25) is 12.7 Å². The molecule has 0 aliphatic carbocycles. The quantitative estimate of drug-likeness (QED) is 0.527. The summed E-state index contributed by atoms with van der Waals surface area (Å²) in [5.74, 6) is -0.430. The number of urea groups is 1. The minimum absolute atomic E-state index is 0.0849. The summed E-state index contributed by atoms with van der Waals surface area (Å²) in [4.78, 5) is 40.6. The van der Waals surface area contributed by atoms with Crippen molar-refractivity contribution in [2.75, 3.05) is 13.3 Å². The molecule has 0 unspecified atom stereocenters. The first kappa shape index (κ1) is 21.9. The van der Waals surface area contributed by atoms with Crippen molar-refractivity contribution in [1.82, 2.24) is 15.5 Å². The highest BCUT2D eigenvalue weighted by Gasteiger charge is 2.50. The Labute approximate surface area is 198 Å². The van der Waals surface area contributed by atoms with Crippen molar-refractivity contribution in [3.8, 4) is 11.5 Å². The molecule has 1 fully saturated rings. The largest absolute Gasteiger partial charge is 0.454 e. The van der Waals surface area contributed by atoms with E-state index in [1.165, 1.54) is 23.5 Å². The highest BCUT2D eigenvalue weighted by Crippen LogP contribution is 2.38. The van der Waals surface area contributed by atoms with Crippen LogP contribution in [0.2, 0.25) is 0 Å². The molecule has 1 saturated heterocycles. The van der Waals surface area contributed by atoms with E-state index in [2.05, 4.69) is 10.6 Å². The van der Waals surface area contributed by atoms with Crippen molar-refractivity contribution in [3.05, 3.63) is 81.8 Å². The predicted octanol–water partition coefficient (Wildman–Crippen LogP) is 3.29. The molecule has 174 valence electrons. The summed E-state index contributed by atoms with van der Waals surface area (Å²) >= 11 is 1.43. The topological polar surface area (TPSA) is 97.0 Å². The Hall–Kier alpha value is -3.92. The van der Waals surface area contributed by atoms with Crippen LogP contribution in [0.4, 0.5) is 9.18 Å². The van der Waals surface area contributed by atoms with Crippen molar-refractivity contribution in [2.24, 2.45) is 0 Å². The van der Waals surface area contributed by atoms with Crippen LogP contribution in [0.25, 0.3) is 0 Å². The maximum atomic E-state index is 13.4. The number of carbonyl (C=O) groups excluding carboxylic acids is 3. The number of amides is 4. The zero-order valence-electron chi connectivity index (χ0n) is 18.0. The van der Waals surface area contributed by atoms with Gasteiger partial charge < -0.3 is 20.1 Å². The van der Waals surface area contributed by atoms with Crippen LogP contribution in [0, 0.1) is 5.82 Å². The van der Waals surface area contributed by atoms with Crippen molar-refractivity contribution in [1.29, 1.82) is 0 Å². The predicted molar refractivity (Wildman–Crippen MR) is 121 cm³/mol. The van der Waals surface area contributed by atoms with Crippen LogP contribution in [-0.4, -0.2) is 36.1 Å². The Balaban J connectivity index is 1.34. The zero-order valence-corrected chi connectivity index (χ0v) is 18.9. The summed E-state index contributed by atoms with van der Waals surface area (Å²) in [7, 11) is 0. The maximum Gasteiger partial charge on any atom is 0.325 e. The first-order chi connectivity index (χ1) is 16.3. The molecule has 0 saturated carbocycles. The second-order valence-corrected chi connectivity index (χ2v) is 9.06. The molecule has 3 aromatic rings. The average Bonchev–Trinajstić information content (AvgIpc) is 3.56. The molecule has 8 nitrogen and oxygen atoms in total. The van der Waals surface area contributed by atoms with Gasteiger partial charge in [-0.3, -0.25) is 14.5 Å². The lowest BCUT2D eigenvalue weighted by atomic mass is 9.91. The number of nitrogens with zero attached hydrogens (tertiary/aromatic N) is 1. The van der Waals surface area contributed by atoms with Gasteiger partial charge in [-0.2, -0.15) is 0 Å². The van der Waals surface area contributed by atoms with Gasteiger partial charge in [0.15, 0.2) is 11.5 Å². The molecule has 0 bridgehead atoms. The van der Waals surface area contributed by atoms with E-state index in [0.717, 1.165) is 9.78 Å². The standard InChI is InChI=1S/C24H20FN3O5S/c1-24(15-6-9-17-18(11-15)33-13-32-17)22(30)28(23(31)27-24)12-20(29)26-21(19-3-2-10-34-19)14-4-7-16(25)8-5-14/h2-11,21H,12-13H2,1H3,(H,26,29)(H,27,31)/t21-,24+/m1/s1. The van der Waals surface area contributed by atoms with Crippen LogP contribution in [0.15, 0.2) is 60.0 Å². The van der Waals surface area contributed by atoms with Crippen LogP contribution in [0.3, 0.4) is 0 Å². The molecule has 10 heteroatoms. The maximum absolute atomic E-state index is 13.4. The van der Waals surface area contributed by atoms with E-state index in [9.17, 15) is 18.8 Å². The van der Waals surface area contributed by atoms with E-state index in [4.69, 9.17) is 9.47 Å². The minimum atomic E-state index is -1.36. The molecular formula is C24H20FN3O5S. The number of benzene rings is 2. The van der Waals surface area contributed by atoms with Gasteiger partial charge in [0, 0.05) is 4.88 Å². The molecule has 0 spiro atoms. The molecule has 2 aliphatic rings. The summed E-state index contributed by atoms with van der Waals surface area (Å²) in [5, 5.41) is 7.41. The molecule has 2 atom stereocenters. The third-order valence-corrected chi connectivity index (χ3v) is 6.80. The summed E-state index contributed by atoms with van der Waals surface area (Å²) in [6.07, 6.45) is 0. The minimum Gasteiger partial charge on any atom is -0.454 e. The normalized spacial score (nSPS) is 19.8. The third kappa shape index (κ3) is 3.86. The fraction of sp³-hybridized carbons (Fsp3) is 0.208. The first-order valence-corrected chi connectivity index (χ1v) is 11.4. The van der Waals surface area contributed by atoms with Gasteiger partial charge >= 0.3 is 6.03 Å². The number of halogens is 1. The number of carbonyl (C=O) groups is 3. The first-order valence-electron chi connectivity index (χ1n) is 10.5. The Kier molecular flexibility index (Phi) is 5.45. The number of hydrogen-bond acceptors (Lipinski definition) is 6. The summed E-state index contributed by atoms with van der Waals surface area (Å²) in [5.41, 5.74) is -0.164. The number of fused-ring (bicyclic) bond motifs is 1. The van der Waals surface area contributed by atoms with Crippen LogP contribution in [0.1, 0.15) is 29.0 Å². The van der Waals surface area contributed by atoms with Gasteiger partial charge in [-0.1, -0.05) is 24.3 Å². The molecule has 0 radical (unpaired) electrons. The Morgan fingerprint density at radius 1 is 1.18 bits per heavy atom. The van der Waals surface area contributed by atoms with Crippen molar-refractivity contribution in [2.45, 2.75) is 18.5 Å². The fourth-order valence-corrected chi connectivity index (χ4v) is 4.83. The molecule has 2 N–H and O–H groups in total. The van der Waals surface area contributed by atoms with E-state index in [0.29, 0.717) is 22.6 Å². The van der Waals surface area contributed by atoms with E-state index in [-0.39, 0.29) is 12.6 Å². The lowest BCUT2D eigenvalue weighted by molar-refractivity contribution is -0.135. The molecule has 1 aromatic heterocycles. The summed E-state index contributed by atoms with van der Waals surface area (Å²) in [6.45, 7) is 1.20. The van der Waals surface area contributed by atoms with Crippen LogP contribution >= 0.6 is 11.3 Å². The van der Waals surface area contributed by atoms with Gasteiger partial charge in [-0.15, -0.1) is 11.3 Å². The molecule has 5 rings (SSSR count). The molecule has 34 heavy (non-hydrogen) atoms. The second-order valence-electron chi connectivity index (χ2n) is 8.08. The Morgan fingerprint density at radius 3 is 2.68 bits per heavy atom. The van der Waals surface area contributed by atoms with Crippen LogP contribution < -0.4 is 20.1 Å². The molecule has 2 aromatic carbocycles. The van der Waals surface area contributed by atoms with Gasteiger partial charge in [-0.05, 0) is 53.8 Å². The van der Waals surface area contributed by atoms with Crippen molar-refractivity contribution in [3.63, 3.8) is 0 Å². The highest BCUT2D eigenvalue weighted by atomic mass is 32.1. The second kappa shape index (κ2) is 8.45. The average molecular weight is 482 g/mol. The SMILES string of the molecule is C[C@@]1(c2ccc3c(c2)OCO3)NC(=O)N(CC(=O)N[C@H](c2ccc(F)cc2)c2cccs2)C1=O. The molecule has 2 aliphatic heterocycles. The monoisotopic (exact) mass is 481 g/mol. The number of nitrogens with one attached hydrogen (secondary N) is 2. The van der Waals surface area contributed by atoms with Gasteiger partial charge in [-0.25, -0.2) is 9.18 Å². The Morgan fingerprint density at radius 2 is 1.94 bits per heavy atom. The zero-order chi connectivity index (χ0) is 23.9. The highest BCUT2D eigenvalue weighted by molar-refractivity contribution is 7.10. The van der Waals surface area contributed by atoms with E-state index in [1.807, 2.05) is 17.5 Å². The van der Waals surface area contributed by atoms with E-state index in [1.54, 1.807) is 37.3 Å². The van der Waals surface area contributed by atoms with Crippen LogP contribution in [0.5, 0.6) is 11.5 Å².